The van der Waals surface area contributed by atoms with E-state index in [2.05, 4.69) is 9.72 Å². The van der Waals surface area contributed by atoms with Gasteiger partial charge in [0.2, 0.25) is 5.91 Å². The van der Waals surface area contributed by atoms with E-state index in [9.17, 15) is 31.1 Å². The summed E-state index contributed by atoms with van der Waals surface area (Å²) in [6, 6.07) is 5.41. The van der Waals surface area contributed by atoms with Gasteiger partial charge in [0.15, 0.2) is 0 Å². The number of hydrogen-bond donors (Lipinski definition) is 2. The minimum atomic E-state index is -5.08. The van der Waals surface area contributed by atoms with Crippen molar-refractivity contribution >= 4 is 11.9 Å². The predicted octanol–water partition coefficient (Wildman–Crippen LogP) is 2.43. The number of carboxylic acid groups (broad SMARTS) is 1. The number of aromatic nitrogens is 2. The van der Waals surface area contributed by atoms with Crippen LogP contribution in [0.1, 0.15) is 5.69 Å². The van der Waals surface area contributed by atoms with Gasteiger partial charge in [-0.15, -0.1) is 13.2 Å². The lowest BCUT2D eigenvalue weighted by Gasteiger charge is -2.10. The Bertz CT molecular complexity index is 801. The molecule has 0 fully saturated rings. The predicted molar refractivity (Wildman–Crippen MR) is 76.8 cm³/mol. The molecule has 13 heteroatoms. The van der Waals surface area contributed by atoms with Gasteiger partial charge in [0.05, 0.1) is 24.1 Å². The molecule has 2 aromatic rings. The van der Waals surface area contributed by atoms with Gasteiger partial charge in [-0.05, 0) is 12.1 Å². The highest BCUT2D eigenvalue weighted by Crippen LogP contribution is 2.24. The summed E-state index contributed by atoms with van der Waals surface area (Å²) < 4.78 is 73.4. The fourth-order valence-electron chi connectivity index (χ4n) is 1.62. The van der Waals surface area contributed by atoms with Crippen molar-refractivity contribution in [1.29, 1.82) is 0 Å². The maximum atomic E-state index is 12.1. The summed E-state index contributed by atoms with van der Waals surface area (Å²) in [6.07, 6.45) is -6.97. The number of amides is 1. The molecule has 1 aromatic heterocycles. The smallest absolute Gasteiger partial charge is 0.475 e. The molecule has 0 aliphatic heterocycles. The van der Waals surface area contributed by atoms with Crippen molar-refractivity contribution in [1.82, 2.24) is 9.55 Å². The maximum absolute atomic E-state index is 12.1. The van der Waals surface area contributed by atoms with Crippen molar-refractivity contribution in [2.24, 2.45) is 5.73 Å². The molecule has 2 rings (SSSR count). The number of imidazole rings is 1. The molecule has 0 atom stereocenters. The number of nitrogens with two attached hydrogens (primary N) is 1. The van der Waals surface area contributed by atoms with Crippen LogP contribution in [-0.4, -0.2) is 39.1 Å². The summed E-state index contributed by atoms with van der Waals surface area (Å²) in [7, 11) is 0. The number of alkyl halides is 6. The first kappa shape index (κ1) is 21.8. The first-order valence-corrected chi connectivity index (χ1v) is 6.75. The van der Waals surface area contributed by atoms with Crippen LogP contribution in [0.15, 0.2) is 36.8 Å². The summed E-state index contributed by atoms with van der Waals surface area (Å²) in [5, 5.41) is 7.12. The van der Waals surface area contributed by atoms with Crippen LogP contribution in [0.2, 0.25) is 0 Å². The average Bonchev–Trinajstić information content (AvgIpc) is 2.93. The van der Waals surface area contributed by atoms with Crippen LogP contribution >= 0.6 is 0 Å². The number of halogens is 6. The van der Waals surface area contributed by atoms with E-state index < -0.39 is 24.4 Å². The molecular formula is C14H11F6N3O4. The summed E-state index contributed by atoms with van der Waals surface area (Å²) in [5.74, 6) is -3.63. The fraction of sp³-hybridized carbons (Fsp3) is 0.214. The Morgan fingerprint density at radius 1 is 1.19 bits per heavy atom. The second kappa shape index (κ2) is 8.42. The molecule has 1 heterocycles. The molecule has 27 heavy (non-hydrogen) atoms. The summed E-state index contributed by atoms with van der Waals surface area (Å²) >= 11 is 0. The second-order valence-corrected chi connectivity index (χ2v) is 4.76. The van der Waals surface area contributed by atoms with E-state index >= 15 is 0 Å². The van der Waals surface area contributed by atoms with Gasteiger partial charge >= 0.3 is 18.5 Å². The number of nitrogens with zero attached hydrogens (tertiary/aromatic N) is 2. The molecule has 0 spiro atoms. The lowest BCUT2D eigenvalue weighted by Crippen LogP contribution is -2.21. The van der Waals surface area contributed by atoms with Gasteiger partial charge in [0, 0.05) is 12.3 Å². The van der Waals surface area contributed by atoms with Gasteiger partial charge in [-0.25, -0.2) is 9.78 Å². The van der Waals surface area contributed by atoms with E-state index in [-0.39, 0.29) is 12.2 Å². The first-order valence-electron chi connectivity index (χ1n) is 6.75. The Kier molecular flexibility index (Phi) is 6.80. The van der Waals surface area contributed by atoms with Crippen LogP contribution in [0, 0.1) is 0 Å². The first-order chi connectivity index (χ1) is 12.3. The molecule has 0 unspecified atom stereocenters. The summed E-state index contributed by atoms with van der Waals surface area (Å²) in [5.41, 5.74) is 5.89. The lowest BCUT2D eigenvalue weighted by molar-refractivity contribution is -0.274. The molecule has 148 valence electrons. The third-order valence-electron chi connectivity index (χ3n) is 2.58. The van der Waals surface area contributed by atoms with Crippen LogP contribution in [0.3, 0.4) is 0 Å². The van der Waals surface area contributed by atoms with Gasteiger partial charge < -0.3 is 20.1 Å². The zero-order chi connectivity index (χ0) is 20.8. The van der Waals surface area contributed by atoms with Crippen molar-refractivity contribution in [3.8, 4) is 11.4 Å². The van der Waals surface area contributed by atoms with Crippen molar-refractivity contribution in [2.45, 2.75) is 19.0 Å². The van der Waals surface area contributed by atoms with Crippen LogP contribution in [0.5, 0.6) is 5.75 Å². The molecule has 7 nitrogen and oxygen atoms in total. The molecule has 0 radical (unpaired) electrons. The Balaban J connectivity index is 0.000000445. The molecule has 0 aliphatic rings. The maximum Gasteiger partial charge on any atom is 0.573 e. The van der Waals surface area contributed by atoms with Gasteiger partial charge in [-0.1, -0.05) is 6.07 Å². The highest BCUT2D eigenvalue weighted by atomic mass is 19.4. The largest absolute Gasteiger partial charge is 0.573 e. The number of rotatable bonds is 4. The van der Waals surface area contributed by atoms with Crippen LogP contribution in [-0.2, 0) is 16.0 Å². The van der Waals surface area contributed by atoms with E-state index in [1.165, 1.54) is 35.3 Å². The summed E-state index contributed by atoms with van der Waals surface area (Å²) in [4.78, 5) is 23.6. The second-order valence-electron chi connectivity index (χ2n) is 4.76. The van der Waals surface area contributed by atoms with Crippen LogP contribution < -0.4 is 10.5 Å². The highest BCUT2D eigenvalue weighted by molar-refractivity contribution is 5.76. The zero-order valence-electron chi connectivity index (χ0n) is 13.1. The topological polar surface area (TPSA) is 107 Å². The lowest BCUT2D eigenvalue weighted by atomic mass is 10.3. The Hall–Kier alpha value is -3.25. The number of carboxylic acids is 1. The van der Waals surface area contributed by atoms with Crippen molar-refractivity contribution < 1.29 is 45.8 Å². The van der Waals surface area contributed by atoms with Crippen molar-refractivity contribution in [3.63, 3.8) is 0 Å². The number of aliphatic carboxylic acids is 1. The SMILES string of the molecule is NC(=O)Cc1cn(-c2cccc(OC(F)(F)F)c2)cn1.O=C(O)C(F)(F)F. The van der Waals surface area contributed by atoms with Gasteiger partial charge in [-0.2, -0.15) is 13.2 Å². The van der Waals surface area contributed by atoms with Gasteiger partial charge in [-0.3, -0.25) is 4.79 Å². The number of ether oxygens (including phenoxy) is 1. The molecule has 3 N–H and O–H groups in total. The van der Waals surface area contributed by atoms with E-state index in [1.807, 2.05) is 0 Å². The van der Waals surface area contributed by atoms with E-state index in [4.69, 9.17) is 15.6 Å². The Morgan fingerprint density at radius 3 is 2.26 bits per heavy atom. The van der Waals surface area contributed by atoms with Crippen LogP contribution in [0.4, 0.5) is 26.3 Å². The normalized spacial score (nSPS) is 11.3. The minimum absolute atomic E-state index is 0.0360. The van der Waals surface area contributed by atoms with Gasteiger partial charge in [0.25, 0.3) is 0 Å². The summed E-state index contributed by atoms with van der Waals surface area (Å²) in [6.45, 7) is 0. The molecule has 1 aromatic carbocycles. The van der Waals surface area contributed by atoms with E-state index in [0.717, 1.165) is 0 Å². The monoisotopic (exact) mass is 399 g/mol. The molecule has 0 saturated carbocycles. The number of carbonyl (C=O) groups excluding carboxylic acids is 1. The number of primary amides is 1. The molecule has 0 aliphatic carbocycles. The molecular weight excluding hydrogens is 388 g/mol. The average molecular weight is 399 g/mol. The minimum Gasteiger partial charge on any atom is -0.475 e. The Morgan fingerprint density at radius 2 is 1.78 bits per heavy atom. The number of benzene rings is 1. The molecule has 1 amide bonds. The molecule has 0 bridgehead atoms. The quantitative estimate of drug-likeness (QED) is 0.768. The number of hydrogen-bond acceptors (Lipinski definition) is 4. The standard InChI is InChI=1S/C12H10F3N3O2.C2HF3O2/c13-12(14,15)20-10-3-1-2-9(5-10)18-6-8(17-7-18)4-11(16)19;3-2(4,5)1(6)7/h1-3,5-7H,4H2,(H2,16,19);(H,6,7). The molecule has 0 saturated heterocycles. The third kappa shape index (κ3) is 8.11. The van der Waals surface area contributed by atoms with Crippen molar-refractivity contribution in [2.75, 3.05) is 0 Å². The van der Waals surface area contributed by atoms with Crippen molar-refractivity contribution in [3.05, 3.63) is 42.5 Å². The fourth-order valence-corrected chi connectivity index (χ4v) is 1.62. The van der Waals surface area contributed by atoms with Crippen LogP contribution in [0.25, 0.3) is 5.69 Å². The van der Waals surface area contributed by atoms with E-state index in [0.29, 0.717) is 11.4 Å². The van der Waals surface area contributed by atoms with E-state index in [1.54, 1.807) is 6.07 Å². The third-order valence-corrected chi connectivity index (χ3v) is 2.58. The number of carbonyl (C=O) groups is 2. The van der Waals surface area contributed by atoms with Gasteiger partial charge in [0.1, 0.15) is 5.75 Å². The zero-order valence-corrected chi connectivity index (χ0v) is 13.1. The Labute approximate surface area is 147 Å². The highest BCUT2D eigenvalue weighted by Gasteiger charge is 2.38.